The van der Waals surface area contributed by atoms with Gasteiger partial charge in [0.2, 0.25) is 0 Å². The Morgan fingerprint density at radius 1 is 1.05 bits per heavy atom. The van der Waals surface area contributed by atoms with Crippen molar-refractivity contribution in [2.75, 3.05) is 0 Å². The first-order chi connectivity index (χ1) is 9.50. The monoisotopic (exact) mass is 490 g/mol. The Balaban J connectivity index is 0. The van der Waals surface area contributed by atoms with E-state index in [1.807, 2.05) is 30.3 Å². The Hall–Kier alpha value is 0.340. The fraction of sp³-hybridized carbons (Fsp3) is 0.176. The number of benzene rings is 1. The molecule has 0 N–H and O–H groups in total. The van der Waals surface area contributed by atoms with E-state index in [0.717, 1.165) is 0 Å². The van der Waals surface area contributed by atoms with Crippen LogP contribution in [0.15, 0.2) is 65.1 Å². The van der Waals surface area contributed by atoms with Crippen LogP contribution in [-0.2, 0) is 23.3 Å². The van der Waals surface area contributed by atoms with E-state index >= 15 is 0 Å². The van der Waals surface area contributed by atoms with Crippen molar-refractivity contribution in [3.63, 3.8) is 0 Å². The second kappa shape index (κ2) is 13.7. The minimum Gasteiger partial charge on any atom is -1.00 e. The topological polar surface area (TPSA) is 0 Å². The molecule has 0 bridgehead atoms. The molecule has 118 valence electrons. The molecule has 0 aliphatic carbocycles. The van der Waals surface area contributed by atoms with E-state index in [4.69, 9.17) is 0 Å². The van der Waals surface area contributed by atoms with Gasteiger partial charge in [-0.1, -0.05) is 28.9 Å². The zero-order valence-electron chi connectivity index (χ0n) is 12.9. The minimum atomic E-state index is 0. The van der Waals surface area contributed by atoms with Crippen molar-refractivity contribution in [3.05, 3.63) is 70.7 Å². The summed E-state index contributed by atoms with van der Waals surface area (Å²) in [7, 11) is 0. The summed E-state index contributed by atoms with van der Waals surface area (Å²) in [5, 5.41) is 2.63. The molecule has 3 aromatic carbocycles. The molecular weight excluding hydrogens is 474 g/mol. The summed E-state index contributed by atoms with van der Waals surface area (Å²) in [6, 6.07) is 20.7. The second-order valence-corrected chi connectivity index (χ2v) is 15.0. The summed E-state index contributed by atoms with van der Waals surface area (Å²) >= 11 is 5.25. The molecule has 3 rings (SSSR count). The first-order valence-electron chi connectivity index (χ1n) is 6.50. The van der Waals surface area contributed by atoms with E-state index in [1.54, 1.807) is 23.3 Å². The molecule has 0 atom stereocenters. The molecule has 0 spiro atoms. The van der Waals surface area contributed by atoms with E-state index in [0.29, 0.717) is 0 Å². The summed E-state index contributed by atoms with van der Waals surface area (Å²) in [6.45, 7) is 6.73. The molecule has 0 saturated heterocycles. The average Bonchev–Trinajstić information content (AvgIpc) is 2.99. The Bertz CT molecular complexity index is 627. The summed E-state index contributed by atoms with van der Waals surface area (Å²) in [4.78, 5) is 0. The third-order valence-corrected chi connectivity index (χ3v) is 3.09. The first kappa shape index (κ1) is 24.6. The van der Waals surface area contributed by atoms with Gasteiger partial charge in [0, 0.05) is 0 Å². The summed E-state index contributed by atoms with van der Waals surface area (Å²) in [6.07, 6.45) is 0. The molecule has 5 heteroatoms. The summed E-state index contributed by atoms with van der Waals surface area (Å²) in [5.41, 5.74) is 1.54. The standard InChI is InChI=1S/C10H8Br.C5H5.C2H6Si.2ClH.Zr/c1-7-5-8-3-2-4-10(11)9(8)6-7;1-2-4-5-3-1;1-3-2;;;/h2-6H,1H3;1-5H;1-2H3;2*1H;/q2*-1;;;;+2/p-2. The van der Waals surface area contributed by atoms with Gasteiger partial charge in [0.15, 0.2) is 0 Å². The maximum absolute atomic E-state index is 3.51. The van der Waals surface area contributed by atoms with Gasteiger partial charge in [-0.25, -0.2) is 12.1 Å². The Morgan fingerprint density at radius 2 is 1.59 bits per heavy atom. The zero-order chi connectivity index (χ0) is 15.0. The molecule has 0 amide bonds. The van der Waals surface area contributed by atoms with E-state index in [9.17, 15) is 0 Å². The minimum absolute atomic E-state index is 0. The number of halogens is 3. The van der Waals surface area contributed by atoms with Crippen LogP contribution in [0.1, 0.15) is 5.56 Å². The fourth-order valence-corrected chi connectivity index (χ4v) is 2.16. The van der Waals surface area contributed by atoms with E-state index < -0.39 is 0 Å². The van der Waals surface area contributed by atoms with Crippen LogP contribution in [0.3, 0.4) is 0 Å². The fourth-order valence-electron chi connectivity index (χ4n) is 1.67. The smallest absolute Gasteiger partial charge is 0.0262 e. The number of aryl methyl sites for hydroxylation is 1. The van der Waals surface area contributed by atoms with Crippen molar-refractivity contribution in [2.24, 2.45) is 0 Å². The van der Waals surface area contributed by atoms with Gasteiger partial charge in [-0.2, -0.15) is 24.3 Å². The summed E-state index contributed by atoms with van der Waals surface area (Å²) < 4.78 is 1.18. The van der Waals surface area contributed by atoms with E-state index in [1.165, 1.54) is 20.8 Å². The van der Waals surface area contributed by atoms with Crippen LogP contribution in [-0.4, -0.2) is 5.43 Å². The van der Waals surface area contributed by atoms with Gasteiger partial charge >= 0.3 is 41.9 Å². The molecule has 0 saturated carbocycles. The number of rotatable bonds is 0. The predicted octanol–water partition coefficient (Wildman–Crippen LogP) is -0.173. The molecule has 0 fully saturated rings. The molecule has 0 nitrogen and oxygen atoms in total. The van der Waals surface area contributed by atoms with Crippen LogP contribution in [0.25, 0.3) is 10.8 Å². The van der Waals surface area contributed by atoms with Crippen molar-refractivity contribution in [1.29, 1.82) is 0 Å². The molecule has 22 heavy (non-hydrogen) atoms. The quantitative estimate of drug-likeness (QED) is 0.302. The Labute approximate surface area is 169 Å². The third-order valence-electron chi connectivity index (χ3n) is 2.40. The van der Waals surface area contributed by atoms with Crippen molar-refractivity contribution in [2.45, 2.75) is 20.0 Å². The van der Waals surface area contributed by atoms with Crippen molar-refractivity contribution < 1.29 is 48.1 Å². The predicted molar refractivity (Wildman–Crippen MR) is 91.5 cm³/mol. The van der Waals surface area contributed by atoms with Crippen LogP contribution in [0.4, 0.5) is 0 Å². The zero-order valence-corrected chi connectivity index (χ0v) is 19.5. The molecule has 0 aromatic heterocycles. The van der Waals surface area contributed by atoms with Crippen LogP contribution in [0.2, 0.25) is 13.1 Å². The SMILES string of the molecule is C[Si](C)=[Zr+2].Cc1cc2c(Br)cccc2[cH-]1.[Cl-].[Cl-].c1cc[cH-]c1. The normalized spacial score (nSPS) is 8.45. The Kier molecular flexibility index (Phi) is 15.4. The molecule has 0 unspecified atom stereocenters. The van der Waals surface area contributed by atoms with Crippen molar-refractivity contribution in [3.8, 4) is 0 Å². The van der Waals surface area contributed by atoms with E-state index in [2.05, 4.69) is 66.3 Å². The first-order valence-corrected chi connectivity index (χ1v) is 13.5. The average molecular weight is 493 g/mol. The van der Waals surface area contributed by atoms with Gasteiger partial charge < -0.3 is 24.8 Å². The van der Waals surface area contributed by atoms with E-state index in [-0.39, 0.29) is 30.2 Å². The van der Waals surface area contributed by atoms with Crippen LogP contribution in [0.5, 0.6) is 0 Å². The molecule has 3 aromatic rings. The molecular formula is C17H19BrCl2SiZr-2. The maximum Gasteiger partial charge on any atom is -0.0262 e. The van der Waals surface area contributed by atoms with Gasteiger partial charge in [-0.15, -0.1) is 34.5 Å². The van der Waals surface area contributed by atoms with Gasteiger partial charge in [0.05, 0.1) is 0 Å². The van der Waals surface area contributed by atoms with Crippen LogP contribution < -0.4 is 24.8 Å². The maximum atomic E-state index is 3.51. The number of hydrogen-bond donors (Lipinski definition) is 0. The molecule has 0 aliphatic rings. The van der Waals surface area contributed by atoms with Crippen LogP contribution >= 0.6 is 15.9 Å². The number of hydrogen-bond acceptors (Lipinski definition) is 0. The van der Waals surface area contributed by atoms with Crippen molar-refractivity contribution in [1.82, 2.24) is 0 Å². The largest absolute Gasteiger partial charge is 1.00 e. The Morgan fingerprint density at radius 3 is 2.00 bits per heavy atom. The molecule has 0 radical (unpaired) electrons. The van der Waals surface area contributed by atoms with Crippen LogP contribution in [0, 0.1) is 6.92 Å². The van der Waals surface area contributed by atoms with Gasteiger partial charge in [0.25, 0.3) is 0 Å². The van der Waals surface area contributed by atoms with Gasteiger partial charge in [-0.05, 0) is 4.47 Å². The number of fused-ring (bicyclic) bond motifs is 1. The molecule has 0 heterocycles. The molecule has 0 aliphatic heterocycles. The summed E-state index contributed by atoms with van der Waals surface area (Å²) in [5.74, 6) is 0. The third kappa shape index (κ3) is 10.2. The van der Waals surface area contributed by atoms with Gasteiger partial charge in [0.1, 0.15) is 0 Å². The van der Waals surface area contributed by atoms with Gasteiger partial charge in [-0.3, -0.25) is 0 Å². The second-order valence-electron chi connectivity index (χ2n) is 4.74. The van der Waals surface area contributed by atoms with Crippen molar-refractivity contribution >= 4 is 32.1 Å².